The molecule has 3 nitrogen and oxygen atoms in total. The van der Waals surface area contributed by atoms with Crippen LogP contribution in [0.3, 0.4) is 0 Å². The first-order chi connectivity index (χ1) is 10.7. The van der Waals surface area contributed by atoms with Crippen LogP contribution in [0.4, 0.5) is 0 Å². The van der Waals surface area contributed by atoms with Crippen LogP contribution in [0.15, 0.2) is 24.3 Å². The molecule has 1 N–H and O–H groups in total. The van der Waals surface area contributed by atoms with E-state index in [1.807, 2.05) is 0 Å². The third kappa shape index (κ3) is 3.19. The van der Waals surface area contributed by atoms with E-state index in [4.69, 9.17) is 0 Å². The molecule has 0 spiro atoms. The highest BCUT2D eigenvalue weighted by Gasteiger charge is 2.44. The van der Waals surface area contributed by atoms with Gasteiger partial charge < -0.3 is 5.11 Å². The van der Waals surface area contributed by atoms with E-state index >= 15 is 0 Å². The van der Waals surface area contributed by atoms with E-state index in [1.165, 1.54) is 36.8 Å². The molecule has 3 atom stereocenters. The van der Waals surface area contributed by atoms with Gasteiger partial charge in [0.2, 0.25) is 0 Å². The SMILES string of the molecule is Cc1ccccc1CCCN1C(C(=O)O)CC2CCCCC21. The fraction of sp³-hybridized carbons (Fsp3) is 0.632. The monoisotopic (exact) mass is 301 g/mol. The minimum Gasteiger partial charge on any atom is -0.480 e. The Kier molecular flexibility index (Phi) is 4.82. The van der Waals surface area contributed by atoms with Gasteiger partial charge in [0.25, 0.3) is 0 Å². The molecule has 3 heteroatoms. The number of hydrogen-bond donors (Lipinski definition) is 1. The first-order valence-corrected chi connectivity index (χ1v) is 8.70. The maximum atomic E-state index is 11.6. The van der Waals surface area contributed by atoms with Crippen molar-refractivity contribution in [1.82, 2.24) is 4.90 Å². The summed E-state index contributed by atoms with van der Waals surface area (Å²) in [4.78, 5) is 13.9. The largest absolute Gasteiger partial charge is 0.480 e. The Morgan fingerprint density at radius 2 is 2.05 bits per heavy atom. The third-order valence-corrected chi connectivity index (χ3v) is 5.63. The zero-order valence-corrected chi connectivity index (χ0v) is 13.5. The van der Waals surface area contributed by atoms with Crippen molar-refractivity contribution in [2.75, 3.05) is 6.54 Å². The molecule has 0 aromatic heterocycles. The van der Waals surface area contributed by atoms with E-state index in [1.54, 1.807) is 0 Å². The number of carbonyl (C=O) groups is 1. The molecule has 3 unspecified atom stereocenters. The summed E-state index contributed by atoms with van der Waals surface area (Å²) in [5.41, 5.74) is 2.74. The average molecular weight is 301 g/mol. The molecule has 120 valence electrons. The lowest BCUT2D eigenvalue weighted by Gasteiger charge is -2.33. The molecule has 1 aliphatic carbocycles. The van der Waals surface area contributed by atoms with Crippen LogP contribution in [0.25, 0.3) is 0 Å². The van der Waals surface area contributed by atoms with E-state index < -0.39 is 5.97 Å². The number of rotatable bonds is 5. The predicted octanol–water partition coefficient (Wildman–Crippen LogP) is 3.65. The quantitative estimate of drug-likeness (QED) is 0.902. The average Bonchev–Trinajstić information content (AvgIpc) is 2.88. The van der Waals surface area contributed by atoms with Crippen molar-refractivity contribution in [3.8, 4) is 0 Å². The van der Waals surface area contributed by atoms with Gasteiger partial charge in [0.1, 0.15) is 6.04 Å². The molecule has 1 saturated carbocycles. The first-order valence-electron chi connectivity index (χ1n) is 8.70. The van der Waals surface area contributed by atoms with Crippen LogP contribution in [0.5, 0.6) is 0 Å². The van der Waals surface area contributed by atoms with E-state index in [0.29, 0.717) is 12.0 Å². The molecule has 0 radical (unpaired) electrons. The van der Waals surface area contributed by atoms with E-state index in [0.717, 1.165) is 25.8 Å². The second kappa shape index (κ2) is 6.82. The number of aryl methyl sites for hydroxylation is 2. The summed E-state index contributed by atoms with van der Waals surface area (Å²) in [7, 11) is 0. The number of carboxylic acid groups (broad SMARTS) is 1. The fourth-order valence-electron chi connectivity index (χ4n) is 4.46. The summed E-state index contributed by atoms with van der Waals surface area (Å²) in [6, 6.07) is 8.79. The summed E-state index contributed by atoms with van der Waals surface area (Å²) in [6.07, 6.45) is 7.93. The molecule has 1 aromatic carbocycles. The van der Waals surface area contributed by atoms with Crippen LogP contribution >= 0.6 is 0 Å². The van der Waals surface area contributed by atoms with Gasteiger partial charge in [-0.15, -0.1) is 0 Å². The van der Waals surface area contributed by atoms with Gasteiger partial charge >= 0.3 is 5.97 Å². The summed E-state index contributed by atoms with van der Waals surface area (Å²) in [5.74, 6) is -0.00129. The summed E-state index contributed by atoms with van der Waals surface area (Å²) < 4.78 is 0. The second-order valence-corrected chi connectivity index (χ2v) is 6.97. The molecule has 3 rings (SSSR count). The lowest BCUT2D eigenvalue weighted by Crippen LogP contribution is -2.42. The van der Waals surface area contributed by atoms with Crippen molar-refractivity contribution in [2.24, 2.45) is 5.92 Å². The van der Waals surface area contributed by atoms with Crippen LogP contribution in [0.1, 0.15) is 49.7 Å². The second-order valence-electron chi connectivity index (χ2n) is 6.97. The molecule has 1 aliphatic heterocycles. The highest BCUT2D eigenvalue weighted by Crippen LogP contribution is 2.39. The predicted molar refractivity (Wildman–Crippen MR) is 88.0 cm³/mol. The van der Waals surface area contributed by atoms with Crippen molar-refractivity contribution >= 4 is 5.97 Å². The van der Waals surface area contributed by atoms with E-state index in [9.17, 15) is 9.90 Å². The molecular weight excluding hydrogens is 274 g/mol. The van der Waals surface area contributed by atoms with Crippen LogP contribution in [0, 0.1) is 12.8 Å². The first kappa shape index (κ1) is 15.5. The van der Waals surface area contributed by atoms with Gasteiger partial charge in [0, 0.05) is 6.04 Å². The number of likely N-dealkylation sites (tertiary alicyclic amines) is 1. The zero-order chi connectivity index (χ0) is 15.5. The lowest BCUT2D eigenvalue weighted by molar-refractivity contribution is -0.142. The number of nitrogens with zero attached hydrogens (tertiary/aromatic N) is 1. The molecule has 2 fully saturated rings. The Bertz CT molecular complexity index is 528. The smallest absolute Gasteiger partial charge is 0.320 e. The minimum atomic E-state index is -0.620. The van der Waals surface area contributed by atoms with Crippen molar-refractivity contribution in [2.45, 2.75) is 64.0 Å². The Morgan fingerprint density at radius 1 is 1.27 bits per heavy atom. The van der Waals surface area contributed by atoms with Gasteiger partial charge in [-0.05, 0) is 62.6 Å². The van der Waals surface area contributed by atoms with Crippen molar-refractivity contribution < 1.29 is 9.90 Å². The number of aliphatic carboxylic acids is 1. The number of carboxylic acids is 1. The maximum absolute atomic E-state index is 11.6. The summed E-state index contributed by atoms with van der Waals surface area (Å²) >= 11 is 0. The third-order valence-electron chi connectivity index (χ3n) is 5.63. The van der Waals surface area contributed by atoms with Gasteiger partial charge in [-0.3, -0.25) is 9.69 Å². The molecule has 2 aliphatic rings. The maximum Gasteiger partial charge on any atom is 0.320 e. The van der Waals surface area contributed by atoms with E-state index in [-0.39, 0.29) is 6.04 Å². The van der Waals surface area contributed by atoms with Gasteiger partial charge in [0.15, 0.2) is 0 Å². The Morgan fingerprint density at radius 3 is 2.82 bits per heavy atom. The van der Waals surface area contributed by atoms with Gasteiger partial charge in [0.05, 0.1) is 0 Å². The number of fused-ring (bicyclic) bond motifs is 1. The minimum absolute atomic E-state index is 0.245. The van der Waals surface area contributed by atoms with Gasteiger partial charge in [-0.2, -0.15) is 0 Å². The van der Waals surface area contributed by atoms with Crippen LogP contribution < -0.4 is 0 Å². The Balaban J connectivity index is 1.61. The standard InChI is InChI=1S/C19H27NO2/c1-14-7-2-3-8-15(14)10-6-12-20-17-11-5-4-9-16(17)13-18(20)19(21)22/h2-3,7-8,16-18H,4-6,9-13H2,1H3,(H,21,22). The molecule has 0 bridgehead atoms. The molecular formula is C19H27NO2. The van der Waals surface area contributed by atoms with Gasteiger partial charge in [-0.1, -0.05) is 37.1 Å². The highest BCUT2D eigenvalue weighted by molar-refractivity contribution is 5.74. The molecule has 1 heterocycles. The van der Waals surface area contributed by atoms with Gasteiger partial charge in [-0.25, -0.2) is 0 Å². The molecule has 22 heavy (non-hydrogen) atoms. The Labute approximate surface area is 133 Å². The van der Waals surface area contributed by atoms with Crippen molar-refractivity contribution in [3.63, 3.8) is 0 Å². The Hall–Kier alpha value is -1.35. The molecule has 1 saturated heterocycles. The zero-order valence-electron chi connectivity index (χ0n) is 13.5. The molecule has 0 amide bonds. The summed E-state index contributed by atoms with van der Waals surface area (Å²) in [6.45, 7) is 3.08. The molecule has 1 aromatic rings. The topological polar surface area (TPSA) is 40.5 Å². The van der Waals surface area contributed by atoms with Crippen LogP contribution in [0.2, 0.25) is 0 Å². The lowest BCUT2D eigenvalue weighted by atomic mass is 9.84. The normalized spacial score (nSPS) is 28.5. The van der Waals surface area contributed by atoms with Crippen molar-refractivity contribution in [3.05, 3.63) is 35.4 Å². The van der Waals surface area contributed by atoms with Crippen molar-refractivity contribution in [1.29, 1.82) is 0 Å². The van der Waals surface area contributed by atoms with E-state index in [2.05, 4.69) is 36.1 Å². The number of benzene rings is 1. The number of hydrogen-bond acceptors (Lipinski definition) is 2. The highest BCUT2D eigenvalue weighted by atomic mass is 16.4. The summed E-state index contributed by atoms with van der Waals surface area (Å²) in [5, 5.41) is 9.55. The fourth-order valence-corrected chi connectivity index (χ4v) is 4.46. The van der Waals surface area contributed by atoms with Crippen LogP contribution in [-0.4, -0.2) is 34.6 Å². The van der Waals surface area contributed by atoms with Crippen LogP contribution in [-0.2, 0) is 11.2 Å².